The Bertz CT molecular complexity index is 828. The molecule has 0 atom stereocenters. The van der Waals surface area contributed by atoms with Crippen LogP contribution in [0.25, 0.3) is 0 Å². The minimum Gasteiger partial charge on any atom is -0.490 e. The van der Waals surface area contributed by atoms with E-state index in [4.69, 9.17) is 9.47 Å². The van der Waals surface area contributed by atoms with Gasteiger partial charge in [-0.15, -0.1) is 0 Å². The first kappa shape index (κ1) is 19.6. The molecule has 2 aromatic carbocycles. The Labute approximate surface area is 175 Å². The van der Waals surface area contributed by atoms with E-state index in [0.717, 1.165) is 48.6 Å². The molecular formula is C23H26BrNO3. The van der Waals surface area contributed by atoms with Crippen molar-refractivity contribution in [2.75, 3.05) is 13.7 Å². The van der Waals surface area contributed by atoms with Crippen LogP contribution in [0, 0.1) is 0 Å². The second-order valence-electron chi connectivity index (χ2n) is 8.03. The van der Waals surface area contributed by atoms with Gasteiger partial charge in [-0.1, -0.05) is 40.2 Å². The molecule has 0 N–H and O–H groups in total. The van der Waals surface area contributed by atoms with E-state index in [1.54, 1.807) is 0 Å². The number of carbonyl (C=O) groups is 1. The fourth-order valence-corrected chi connectivity index (χ4v) is 4.59. The molecule has 2 saturated heterocycles. The van der Waals surface area contributed by atoms with Crippen LogP contribution in [-0.4, -0.2) is 36.5 Å². The molecule has 148 valence electrons. The van der Waals surface area contributed by atoms with Gasteiger partial charge in [-0.2, -0.15) is 0 Å². The summed E-state index contributed by atoms with van der Waals surface area (Å²) in [5.41, 5.74) is 2.73. The Morgan fingerprint density at radius 1 is 1.18 bits per heavy atom. The van der Waals surface area contributed by atoms with Crippen molar-refractivity contribution >= 4 is 22.2 Å². The van der Waals surface area contributed by atoms with Gasteiger partial charge in [0.15, 0.2) is 6.29 Å². The number of nitrogens with zero attached hydrogens (tertiary/aromatic N) is 1. The second-order valence-corrected chi connectivity index (χ2v) is 8.95. The van der Waals surface area contributed by atoms with Gasteiger partial charge in [-0.3, -0.25) is 9.69 Å². The Kier molecular flexibility index (Phi) is 5.85. The van der Waals surface area contributed by atoms with Gasteiger partial charge < -0.3 is 9.47 Å². The van der Waals surface area contributed by atoms with Crippen LogP contribution in [0.5, 0.6) is 5.75 Å². The van der Waals surface area contributed by atoms with Crippen molar-refractivity contribution in [1.29, 1.82) is 0 Å². The number of carbonyl (C=O) groups excluding carboxylic acids is 1. The van der Waals surface area contributed by atoms with Crippen LogP contribution in [0.3, 0.4) is 0 Å². The number of ether oxygens (including phenoxy) is 2. The molecule has 0 spiro atoms. The topological polar surface area (TPSA) is 38.8 Å². The van der Waals surface area contributed by atoms with Crippen LogP contribution < -0.4 is 4.74 Å². The third-order valence-electron chi connectivity index (χ3n) is 5.83. The molecule has 0 saturated carbocycles. The maximum atomic E-state index is 11.8. The minimum absolute atomic E-state index is 0.140. The Morgan fingerprint density at radius 3 is 2.57 bits per heavy atom. The number of hydrogen-bond donors (Lipinski definition) is 0. The van der Waals surface area contributed by atoms with Gasteiger partial charge in [0.1, 0.15) is 18.0 Å². The SMILES string of the molecule is CN(Cc1ccc(Br)cc1)Cc1cccc(OCC23CCC(CC2)O3)c1C=O. The molecule has 2 aliphatic heterocycles. The largest absolute Gasteiger partial charge is 0.490 e. The lowest BCUT2D eigenvalue weighted by molar-refractivity contribution is -0.0200. The lowest BCUT2D eigenvalue weighted by atomic mass is 9.89. The summed E-state index contributed by atoms with van der Waals surface area (Å²) in [6, 6.07) is 14.2. The summed E-state index contributed by atoms with van der Waals surface area (Å²) < 4.78 is 13.3. The van der Waals surface area contributed by atoms with Crippen molar-refractivity contribution in [3.05, 3.63) is 63.6 Å². The maximum Gasteiger partial charge on any atom is 0.154 e. The third kappa shape index (κ3) is 4.32. The van der Waals surface area contributed by atoms with Gasteiger partial charge in [-0.25, -0.2) is 0 Å². The lowest BCUT2D eigenvalue weighted by Crippen LogP contribution is -2.32. The number of hydrogen-bond acceptors (Lipinski definition) is 4. The molecule has 0 radical (unpaired) electrons. The van der Waals surface area contributed by atoms with Crippen LogP contribution in [0.4, 0.5) is 0 Å². The first-order valence-corrected chi connectivity index (χ1v) is 10.7. The molecule has 5 heteroatoms. The summed E-state index contributed by atoms with van der Waals surface area (Å²) in [6.07, 6.45) is 5.71. The van der Waals surface area contributed by atoms with Gasteiger partial charge >= 0.3 is 0 Å². The Balaban J connectivity index is 1.43. The Hall–Kier alpha value is -1.69. The second kappa shape index (κ2) is 8.36. The number of halogens is 1. The van der Waals surface area contributed by atoms with E-state index >= 15 is 0 Å². The summed E-state index contributed by atoms with van der Waals surface area (Å²) >= 11 is 3.47. The van der Waals surface area contributed by atoms with E-state index in [9.17, 15) is 4.79 Å². The molecule has 2 heterocycles. The predicted octanol–water partition coefficient (Wildman–Crippen LogP) is 4.98. The lowest BCUT2D eigenvalue weighted by Gasteiger charge is -2.25. The zero-order valence-corrected chi connectivity index (χ0v) is 17.8. The summed E-state index contributed by atoms with van der Waals surface area (Å²) in [5.74, 6) is 0.665. The van der Waals surface area contributed by atoms with Crippen molar-refractivity contribution in [3.63, 3.8) is 0 Å². The van der Waals surface area contributed by atoms with Crippen molar-refractivity contribution in [2.45, 2.75) is 50.5 Å². The number of benzene rings is 2. The molecule has 4 nitrogen and oxygen atoms in total. The molecule has 0 aliphatic carbocycles. The van der Waals surface area contributed by atoms with Crippen LogP contribution in [0.15, 0.2) is 46.9 Å². The van der Waals surface area contributed by atoms with Crippen molar-refractivity contribution in [3.8, 4) is 5.75 Å². The summed E-state index contributed by atoms with van der Waals surface area (Å²) in [5, 5.41) is 0. The summed E-state index contributed by atoms with van der Waals surface area (Å²) in [7, 11) is 2.06. The summed E-state index contributed by atoms with van der Waals surface area (Å²) in [4.78, 5) is 14.0. The van der Waals surface area contributed by atoms with E-state index in [-0.39, 0.29) is 5.60 Å². The van der Waals surface area contributed by atoms with E-state index in [0.29, 0.717) is 30.6 Å². The zero-order chi connectivity index (χ0) is 19.6. The molecule has 2 bridgehead atoms. The predicted molar refractivity (Wildman–Crippen MR) is 113 cm³/mol. The normalized spacial score (nSPS) is 23.3. The smallest absolute Gasteiger partial charge is 0.154 e. The number of fused-ring (bicyclic) bond motifs is 2. The number of aldehydes is 1. The molecule has 2 aromatic rings. The molecule has 0 amide bonds. The van der Waals surface area contributed by atoms with Crippen LogP contribution in [-0.2, 0) is 17.8 Å². The van der Waals surface area contributed by atoms with E-state index < -0.39 is 0 Å². The van der Waals surface area contributed by atoms with E-state index in [2.05, 4.69) is 40.0 Å². The van der Waals surface area contributed by atoms with Gasteiger partial charge in [0.2, 0.25) is 0 Å². The first-order chi connectivity index (χ1) is 13.6. The van der Waals surface area contributed by atoms with Gasteiger partial charge in [-0.05, 0) is 62.1 Å². The van der Waals surface area contributed by atoms with Gasteiger partial charge in [0, 0.05) is 17.6 Å². The average molecular weight is 444 g/mol. The fourth-order valence-electron chi connectivity index (χ4n) is 4.33. The highest BCUT2D eigenvalue weighted by atomic mass is 79.9. The molecule has 4 rings (SSSR count). The quantitative estimate of drug-likeness (QED) is 0.539. The van der Waals surface area contributed by atoms with Gasteiger partial charge in [0.25, 0.3) is 0 Å². The molecule has 2 aliphatic rings. The van der Waals surface area contributed by atoms with E-state index in [1.807, 2.05) is 30.3 Å². The standard InChI is InChI=1S/C23H26BrNO3/c1-25(13-17-5-7-19(24)8-6-17)14-18-3-2-4-22(21(18)15-26)27-16-23-11-9-20(28-23)10-12-23/h2-8,15,20H,9-14,16H2,1H3. The van der Waals surface area contributed by atoms with Crippen molar-refractivity contribution in [2.24, 2.45) is 0 Å². The van der Waals surface area contributed by atoms with Gasteiger partial charge in [0.05, 0.1) is 11.7 Å². The van der Waals surface area contributed by atoms with Crippen LogP contribution in [0.1, 0.15) is 47.2 Å². The van der Waals surface area contributed by atoms with Crippen LogP contribution in [0.2, 0.25) is 0 Å². The first-order valence-electron chi connectivity index (χ1n) is 9.88. The molecule has 0 aromatic heterocycles. The molecule has 0 unspecified atom stereocenters. The average Bonchev–Trinajstić information content (AvgIpc) is 3.30. The third-order valence-corrected chi connectivity index (χ3v) is 6.36. The van der Waals surface area contributed by atoms with Crippen molar-refractivity contribution in [1.82, 2.24) is 4.90 Å². The monoisotopic (exact) mass is 443 g/mol. The highest BCUT2D eigenvalue weighted by Crippen LogP contribution is 2.43. The van der Waals surface area contributed by atoms with Crippen LogP contribution >= 0.6 is 15.9 Å². The van der Waals surface area contributed by atoms with E-state index in [1.165, 1.54) is 5.56 Å². The number of rotatable bonds is 8. The fraction of sp³-hybridized carbons (Fsp3) is 0.435. The summed E-state index contributed by atoms with van der Waals surface area (Å²) in [6.45, 7) is 2.03. The molecular weight excluding hydrogens is 418 g/mol. The minimum atomic E-state index is -0.140. The highest BCUT2D eigenvalue weighted by molar-refractivity contribution is 9.10. The maximum absolute atomic E-state index is 11.8. The van der Waals surface area contributed by atoms with Crippen molar-refractivity contribution < 1.29 is 14.3 Å². The highest BCUT2D eigenvalue weighted by Gasteiger charge is 2.46. The Morgan fingerprint density at radius 2 is 1.93 bits per heavy atom. The molecule has 28 heavy (non-hydrogen) atoms. The molecule has 2 fully saturated rings. The zero-order valence-electron chi connectivity index (χ0n) is 16.2.